The number of fused-ring (bicyclic) bond motifs is 1. The predicted molar refractivity (Wildman–Crippen MR) is 155 cm³/mol. The number of urea groups is 1. The van der Waals surface area contributed by atoms with Crippen molar-refractivity contribution in [2.24, 2.45) is 5.73 Å². The number of amides is 3. The van der Waals surface area contributed by atoms with Crippen LogP contribution in [-0.2, 0) is 20.8 Å². The number of primary amides is 1. The van der Waals surface area contributed by atoms with E-state index in [1.807, 2.05) is 11.8 Å². The number of anilines is 6. The van der Waals surface area contributed by atoms with Gasteiger partial charge in [-0.15, -0.1) is 0 Å². The number of aliphatic hydroxyl groups excluding tert-OH is 2. The smallest absolute Gasteiger partial charge is 0.324 e. The first-order valence-electron chi connectivity index (χ1n) is 13.0. The molecule has 6 N–H and O–H groups in total. The van der Waals surface area contributed by atoms with Crippen LogP contribution in [0, 0.1) is 0 Å². The summed E-state index contributed by atoms with van der Waals surface area (Å²) in [5.41, 5.74) is 6.66. The molecule has 0 saturated carbocycles. The van der Waals surface area contributed by atoms with E-state index in [1.54, 1.807) is 47.4 Å². The molecule has 228 valence electrons. The van der Waals surface area contributed by atoms with Crippen molar-refractivity contribution in [2.75, 3.05) is 45.1 Å². The Labute approximate surface area is 248 Å². The van der Waals surface area contributed by atoms with Crippen molar-refractivity contribution in [3.8, 4) is 5.75 Å². The number of nitrogens with zero attached hydrogens (tertiary/aromatic N) is 5. The number of aliphatic hydroxyl groups is 2. The van der Waals surface area contributed by atoms with Crippen molar-refractivity contribution in [2.45, 2.75) is 31.5 Å². The van der Waals surface area contributed by atoms with Crippen LogP contribution in [0.4, 0.5) is 39.2 Å². The number of ether oxygens (including phenoxy) is 2. The van der Waals surface area contributed by atoms with Gasteiger partial charge in [-0.25, -0.2) is 14.8 Å². The predicted octanol–water partition coefficient (Wildman–Crippen LogP) is 0.597. The van der Waals surface area contributed by atoms with Gasteiger partial charge in [0.05, 0.1) is 36.4 Å². The molecular formula is C26H29N8O8S-. The van der Waals surface area contributed by atoms with Crippen molar-refractivity contribution < 1.29 is 38.0 Å². The fourth-order valence-corrected chi connectivity index (χ4v) is 5.49. The van der Waals surface area contributed by atoms with E-state index < -0.39 is 47.7 Å². The zero-order chi connectivity index (χ0) is 30.8. The quantitative estimate of drug-likeness (QED) is 0.210. The highest BCUT2D eigenvalue weighted by atomic mass is 32.2. The van der Waals surface area contributed by atoms with Crippen LogP contribution in [0.2, 0.25) is 0 Å². The second-order valence-electron chi connectivity index (χ2n) is 9.53. The highest BCUT2D eigenvalue weighted by molar-refractivity contribution is 7.81. The van der Waals surface area contributed by atoms with E-state index in [2.05, 4.69) is 20.6 Å². The maximum Gasteiger partial charge on any atom is 0.324 e. The van der Waals surface area contributed by atoms with Gasteiger partial charge < -0.3 is 45.1 Å². The van der Waals surface area contributed by atoms with Crippen LogP contribution in [-0.4, -0.2) is 85.7 Å². The third-order valence-corrected chi connectivity index (χ3v) is 7.67. The molecule has 17 heteroatoms. The van der Waals surface area contributed by atoms with Crippen LogP contribution in [0.5, 0.6) is 5.75 Å². The summed E-state index contributed by atoms with van der Waals surface area (Å²) in [5, 5.41) is 26.2. The van der Waals surface area contributed by atoms with Gasteiger partial charge in [0.25, 0.3) is 0 Å². The van der Waals surface area contributed by atoms with Gasteiger partial charge in [-0.1, -0.05) is 6.07 Å². The monoisotopic (exact) mass is 613 g/mol. The molecule has 0 spiro atoms. The lowest BCUT2D eigenvalue weighted by Gasteiger charge is -2.27. The van der Waals surface area contributed by atoms with Gasteiger partial charge in [0.2, 0.25) is 5.91 Å². The van der Waals surface area contributed by atoms with Crippen molar-refractivity contribution in [1.82, 2.24) is 9.97 Å². The van der Waals surface area contributed by atoms with Gasteiger partial charge in [-0.05, 0) is 49.4 Å². The lowest BCUT2D eigenvalue weighted by molar-refractivity contribution is -0.132. The third kappa shape index (κ3) is 5.88. The summed E-state index contributed by atoms with van der Waals surface area (Å²) in [6, 6.07) is 12.0. The first-order valence-corrected chi connectivity index (χ1v) is 14.0. The summed E-state index contributed by atoms with van der Waals surface area (Å²) in [7, 11) is 1.50. The van der Waals surface area contributed by atoms with Crippen molar-refractivity contribution in [1.29, 1.82) is 0 Å². The lowest BCUT2D eigenvalue weighted by Crippen LogP contribution is -2.46. The zero-order valence-electron chi connectivity index (χ0n) is 23.0. The van der Waals surface area contributed by atoms with E-state index in [4.69, 9.17) is 15.2 Å². The minimum absolute atomic E-state index is 0.142. The molecule has 3 aromatic rings. The average molecular weight is 614 g/mol. The number of benzene rings is 2. The summed E-state index contributed by atoms with van der Waals surface area (Å²) in [5.74, 6) is 0.0830. The molecule has 2 aliphatic rings. The summed E-state index contributed by atoms with van der Waals surface area (Å²) < 4.78 is 36.0. The van der Waals surface area contributed by atoms with Gasteiger partial charge in [0, 0.05) is 12.2 Å². The normalized spacial score (nSPS) is 21.7. The number of nitrogens with two attached hydrogens (primary N) is 1. The van der Waals surface area contributed by atoms with E-state index >= 15 is 0 Å². The lowest BCUT2D eigenvalue weighted by atomic mass is 10.1. The number of rotatable bonds is 9. The SMILES string of the molecule is CCN1CN([C@@H]2O[C@H](C(N)=O)[C@@H](O)[C@H]2O)c2ncnc(NC(=O)Nc3cccc(N(c4ccc(OC)cc4)S(=O)[O-])c3)c21. The molecule has 3 amide bonds. The van der Waals surface area contributed by atoms with Crippen molar-refractivity contribution in [3.63, 3.8) is 0 Å². The van der Waals surface area contributed by atoms with E-state index in [9.17, 15) is 28.6 Å². The number of hydrogen-bond donors (Lipinski definition) is 5. The molecule has 0 bridgehead atoms. The fraction of sp³-hybridized carbons (Fsp3) is 0.308. The Morgan fingerprint density at radius 3 is 2.53 bits per heavy atom. The van der Waals surface area contributed by atoms with E-state index in [-0.39, 0.29) is 18.2 Å². The van der Waals surface area contributed by atoms with Crippen molar-refractivity contribution in [3.05, 3.63) is 54.9 Å². The zero-order valence-corrected chi connectivity index (χ0v) is 23.8. The first-order chi connectivity index (χ1) is 20.6. The molecule has 3 heterocycles. The minimum Gasteiger partial charge on any atom is -0.755 e. The number of carbonyl (C=O) groups excluding carboxylic acids is 2. The van der Waals surface area contributed by atoms with Crippen LogP contribution in [0.3, 0.4) is 0 Å². The maximum atomic E-state index is 13.1. The van der Waals surface area contributed by atoms with Gasteiger partial charge in [-0.3, -0.25) is 18.6 Å². The molecule has 43 heavy (non-hydrogen) atoms. The molecule has 16 nitrogen and oxygen atoms in total. The largest absolute Gasteiger partial charge is 0.755 e. The van der Waals surface area contributed by atoms with Crippen molar-refractivity contribution >= 4 is 57.6 Å². The molecule has 2 aliphatic heterocycles. The molecular weight excluding hydrogens is 584 g/mol. The molecule has 5 atom stereocenters. The number of carbonyl (C=O) groups is 2. The maximum absolute atomic E-state index is 13.1. The van der Waals surface area contributed by atoms with E-state index in [0.717, 1.165) is 4.31 Å². The average Bonchev–Trinajstić information content (AvgIpc) is 3.51. The number of nitrogens with one attached hydrogen (secondary N) is 2. The molecule has 0 aliphatic carbocycles. The number of methoxy groups -OCH3 is 1. The van der Waals surface area contributed by atoms with E-state index in [1.165, 1.54) is 19.5 Å². The summed E-state index contributed by atoms with van der Waals surface area (Å²) in [4.78, 5) is 36.6. The molecule has 1 aromatic heterocycles. The van der Waals surface area contributed by atoms with Crippen LogP contribution in [0.15, 0.2) is 54.9 Å². The van der Waals surface area contributed by atoms with Crippen LogP contribution >= 0.6 is 0 Å². The molecule has 0 radical (unpaired) electrons. The molecule has 1 saturated heterocycles. The standard InChI is InChI=1S/C26H30N8O8S/c1-3-32-13-33(25-20(36)19(35)21(42-25)22(27)37)24-18(32)23(28-12-29-24)31-26(38)30-14-5-4-6-16(11-14)34(43(39)40)15-7-9-17(41-2)10-8-15/h4-12,19-21,25,35-36H,3,13H2,1-2H3,(H2,27,37)(H,39,40)(H2,28,29,30,31,38)/p-1/t19-,20+,21-,25+/m0/s1. The fourth-order valence-electron chi connectivity index (χ4n) is 4.91. The molecule has 1 unspecified atom stereocenters. The molecule has 1 fully saturated rings. The minimum atomic E-state index is -2.67. The number of aromatic nitrogens is 2. The third-order valence-electron chi connectivity index (χ3n) is 6.95. The first kappa shape index (κ1) is 29.9. The van der Waals surface area contributed by atoms with Gasteiger partial charge in [-0.2, -0.15) is 0 Å². The van der Waals surface area contributed by atoms with Gasteiger partial charge in [0.1, 0.15) is 30.0 Å². The van der Waals surface area contributed by atoms with E-state index in [0.29, 0.717) is 35.2 Å². The van der Waals surface area contributed by atoms with Crippen LogP contribution in [0.25, 0.3) is 0 Å². The van der Waals surface area contributed by atoms with Gasteiger partial charge >= 0.3 is 6.03 Å². The highest BCUT2D eigenvalue weighted by Gasteiger charge is 2.50. The second kappa shape index (κ2) is 12.4. The molecule has 2 aromatic carbocycles. The summed E-state index contributed by atoms with van der Waals surface area (Å²) in [6.45, 7) is 2.46. The second-order valence-corrected chi connectivity index (χ2v) is 10.3. The Bertz CT molecular complexity index is 1530. The topological polar surface area (TPSA) is 219 Å². The summed E-state index contributed by atoms with van der Waals surface area (Å²) in [6.07, 6.45) is -4.31. The Hall–Kier alpha value is -4.55. The van der Waals surface area contributed by atoms with Gasteiger partial charge in [0.15, 0.2) is 24.0 Å². The Morgan fingerprint density at radius 1 is 1.16 bits per heavy atom. The Kier molecular flexibility index (Phi) is 8.60. The summed E-state index contributed by atoms with van der Waals surface area (Å²) >= 11 is -2.67. The Morgan fingerprint density at radius 2 is 1.91 bits per heavy atom. The highest BCUT2D eigenvalue weighted by Crippen LogP contribution is 2.42. The molecule has 5 rings (SSSR count). The van der Waals surface area contributed by atoms with Crippen LogP contribution in [0.1, 0.15) is 6.92 Å². The van der Waals surface area contributed by atoms with Crippen LogP contribution < -0.4 is 35.2 Å². The number of hydrogen-bond acceptors (Lipinski definition) is 12. The Balaban J connectivity index is 1.35.